The molecule has 0 aliphatic heterocycles. The second kappa shape index (κ2) is 3.08. The first-order chi connectivity index (χ1) is 5.89. The van der Waals surface area contributed by atoms with Gasteiger partial charge in [0.05, 0.1) is 0 Å². The largest absolute Gasteiger partial charge is 0.480 e. The van der Waals surface area contributed by atoms with E-state index in [0.29, 0.717) is 6.92 Å². The second-order valence-corrected chi connectivity index (χ2v) is 2.55. The number of carboxylic acid groups (broad SMARTS) is 1. The highest BCUT2D eigenvalue weighted by Crippen LogP contribution is 2.22. The van der Waals surface area contributed by atoms with E-state index in [4.69, 9.17) is 5.11 Å². The zero-order valence-corrected chi connectivity index (χ0v) is 6.74. The van der Waals surface area contributed by atoms with Crippen LogP contribution in [0.1, 0.15) is 12.7 Å². The number of alkyl halides is 2. The van der Waals surface area contributed by atoms with E-state index in [9.17, 15) is 13.6 Å². The number of rotatable bonds is 3. The molecule has 0 fully saturated rings. The Kier molecular flexibility index (Phi) is 2.26. The minimum atomic E-state index is -3.14. The minimum absolute atomic E-state index is 0.469. The van der Waals surface area contributed by atoms with Crippen LogP contribution in [0.5, 0.6) is 0 Å². The number of carbonyl (C=O) groups is 1. The smallest absolute Gasteiger partial charge is 0.325 e. The topological polar surface area (TPSA) is 68.0 Å². The zero-order chi connectivity index (χ0) is 10.1. The maximum absolute atomic E-state index is 12.5. The molecule has 5 nitrogen and oxygen atoms in total. The van der Waals surface area contributed by atoms with E-state index in [-0.39, 0.29) is 0 Å². The molecule has 13 heavy (non-hydrogen) atoms. The number of carboxylic acids is 1. The molecule has 0 bridgehead atoms. The van der Waals surface area contributed by atoms with Crippen molar-refractivity contribution in [3.8, 4) is 0 Å². The van der Waals surface area contributed by atoms with Crippen molar-refractivity contribution in [3.05, 3.63) is 12.2 Å². The van der Waals surface area contributed by atoms with Gasteiger partial charge in [-0.25, -0.2) is 9.67 Å². The van der Waals surface area contributed by atoms with Gasteiger partial charge in [-0.05, 0) is 0 Å². The highest BCUT2D eigenvalue weighted by molar-refractivity contribution is 5.66. The van der Waals surface area contributed by atoms with Crippen LogP contribution in [-0.4, -0.2) is 25.8 Å². The van der Waals surface area contributed by atoms with Gasteiger partial charge in [0.15, 0.2) is 0 Å². The molecule has 0 saturated carbocycles. The standard InChI is InChI=1S/C6H7F2N3O2/c1-6(7,8)5-9-3-11(10-5)2-4(12)13/h3H,2H2,1H3,(H,12,13). The average molecular weight is 191 g/mol. The van der Waals surface area contributed by atoms with E-state index in [1.807, 2.05) is 0 Å². The summed E-state index contributed by atoms with van der Waals surface area (Å²) >= 11 is 0. The van der Waals surface area contributed by atoms with Crippen LogP contribution in [0, 0.1) is 0 Å². The van der Waals surface area contributed by atoms with Crippen molar-refractivity contribution >= 4 is 5.97 Å². The van der Waals surface area contributed by atoms with Gasteiger partial charge in [-0.1, -0.05) is 0 Å². The molecular weight excluding hydrogens is 184 g/mol. The average Bonchev–Trinajstić information content (AvgIpc) is 2.32. The minimum Gasteiger partial charge on any atom is -0.480 e. The highest BCUT2D eigenvalue weighted by atomic mass is 19.3. The van der Waals surface area contributed by atoms with E-state index in [1.165, 1.54) is 0 Å². The molecule has 0 atom stereocenters. The summed E-state index contributed by atoms with van der Waals surface area (Å²) in [5.41, 5.74) is 0. The molecule has 0 saturated heterocycles. The summed E-state index contributed by atoms with van der Waals surface area (Å²) in [5, 5.41) is 11.6. The molecule has 0 spiro atoms. The number of halogens is 2. The Bertz CT molecular complexity index is 318. The molecule has 1 aromatic rings. The Morgan fingerprint density at radius 2 is 2.38 bits per heavy atom. The molecular formula is C6H7F2N3O2. The van der Waals surface area contributed by atoms with Crippen LogP contribution in [0.3, 0.4) is 0 Å². The Morgan fingerprint density at radius 1 is 1.77 bits per heavy atom. The van der Waals surface area contributed by atoms with Crippen LogP contribution in [0.4, 0.5) is 8.78 Å². The fourth-order valence-corrected chi connectivity index (χ4v) is 0.711. The molecule has 0 amide bonds. The predicted molar refractivity (Wildman–Crippen MR) is 37.2 cm³/mol. The quantitative estimate of drug-likeness (QED) is 0.754. The molecule has 1 N–H and O–H groups in total. The molecule has 1 rings (SSSR count). The summed E-state index contributed by atoms with van der Waals surface area (Å²) in [7, 11) is 0. The molecule has 1 aromatic heterocycles. The summed E-state index contributed by atoms with van der Waals surface area (Å²) in [6, 6.07) is 0. The fraction of sp³-hybridized carbons (Fsp3) is 0.500. The van der Waals surface area contributed by atoms with Crippen LogP contribution in [0.25, 0.3) is 0 Å². The lowest BCUT2D eigenvalue weighted by atomic mass is 10.4. The van der Waals surface area contributed by atoms with E-state index in [2.05, 4.69) is 10.1 Å². The number of aromatic nitrogens is 3. The third-order valence-electron chi connectivity index (χ3n) is 1.23. The number of aliphatic carboxylic acids is 1. The third-order valence-corrected chi connectivity index (χ3v) is 1.23. The summed E-state index contributed by atoms with van der Waals surface area (Å²) < 4.78 is 25.9. The highest BCUT2D eigenvalue weighted by Gasteiger charge is 2.29. The monoisotopic (exact) mass is 191 g/mol. The predicted octanol–water partition coefficient (Wildman–Crippen LogP) is 0.474. The second-order valence-electron chi connectivity index (χ2n) is 2.55. The molecule has 0 aliphatic rings. The van der Waals surface area contributed by atoms with E-state index in [1.54, 1.807) is 0 Å². The lowest BCUT2D eigenvalue weighted by Crippen LogP contribution is -2.13. The van der Waals surface area contributed by atoms with Crippen molar-refractivity contribution < 1.29 is 18.7 Å². The zero-order valence-electron chi connectivity index (χ0n) is 6.74. The van der Waals surface area contributed by atoms with Crippen LogP contribution in [-0.2, 0) is 17.3 Å². The van der Waals surface area contributed by atoms with Crippen LogP contribution < -0.4 is 0 Å². The van der Waals surface area contributed by atoms with Gasteiger partial charge in [0.1, 0.15) is 12.9 Å². The Labute approximate surface area is 72.0 Å². The van der Waals surface area contributed by atoms with Gasteiger partial charge >= 0.3 is 11.9 Å². The third kappa shape index (κ3) is 2.46. The lowest BCUT2D eigenvalue weighted by molar-refractivity contribution is -0.137. The van der Waals surface area contributed by atoms with E-state index in [0.717, 1.165) is 11.0 Å². The van der Waals surface area contributed by atoms with Gasteiger partial charge in [-0.2, -0.15) is 8.78 Å². The fourth-order valence-electron chi connectivity index (χ4n) is 0.711. The normalized spacial score (nSPS) is 11.6. The van der Waals surface area contributed by atoms with Crippen molar-refractivity contribution in [3.63, 3.8) is 0 Å². The van der Waals surface area contributed by atoms with Crippen LogP contribution in [0.15, 0.2) is 6.33 Å². The van der Waals surface area contributed by atoms with Gasteiger partial charge in [0, 0.05) is 6.92 Å². The lowest BCUT2D eigenvalue weighted by Gasteiger charge is -2.02. The number of hydrogen-bond donors (Lipinski definition) is 1. The molecule has 0 aliphatic carbocycles. The maximum Gasteiger partial charge on any atom is 0.325 e. The van der Waals surface area contributed by atoms with E-state index < -0.39 is 24.3 Å². The van der Waals surface area contributed by atoms with Crippen molar-refractivity contribution in [2.24, 2.45) is 0 Å². The van der Waals surface area contributed by atoms with Crippen molar-refractivity contribution in [2.45, 2.75) is 19.4 Å². The van der Waals surface area contributed by atoms with Crippen molar-refractivity contribution in [1.82, 2.24) is 14.8 Å². The molecule has 0 radical (unpaired) electrons. The summed E-state index contributed by atoms with van der Waals surface area (Å²) in [6.45, 7) is 0.177. The first-order valence-electron chi connectivity index (χ1n) is 3.39. The summed E-state index contributed by atoms with van der Waals surface area (Å²) in [5.74, 6) is -4.96. The molecule has 7 heteroatoms. The molecule has 0 unspecified atom stereocenters. The van der Waals surface area contributed by atoms with Crippen LogP contribution in [0.2, 0.25) is 0 Å². The first-order valence-corrected chi connectivity index (χ1v) is 3.39. The first kappa shape index (κ1) is 9.56. The maximum atomic E-state index is 12.5. The van der Waals surface area contributed by atoms with Gasteiger partial charge in [0.2, 0.25) is 5.82 Å². The summed E-state index contributed by atoms with van der Waals surface area (Å²) in [4.78, 5) is 13.4. The van der Waals surface area contributed by atoms with Gasteiger partial charge in [0.25, 0.3) is 0 Å². The number of nitrogens with zero attached hydrogens (tertiary/aromatic N) is 3. The van der Waals surface area contributed by atoms with Crippen molar-refractivity contribution in [2.75, 3.05) is 0 Å². The van der Waals surface area contributed by atoms with E-state index >= 15 is 0 Å². The van der Waals surface area contributed by atoms with Gasteiger partial charge in [-0.3, -0.25) is 4.79 Å². The summed E-state index contributed by atoms with van der Waals surface area (Å²) in [6.07, 6.45) is 0.959. The van der Waals surface area contributed by atoms with Crippen LogP contribution >= 0.6 is 0 Å². The Morgan fingerprint density at radius 3 is 2.77 bits per heavy atom. The molecule has 0 aromatic carbocycles. The Balaban J connectivity index is 2.81. The van der Waals surface area contributed by atoms with Gasteiger partial charge in [-0.15, -0.1) is 5.10 Å². The van der Waals surface area contributed by atoms with Gasteiger partial charge < -0.3 is 5.11 Å². The molecule has 72 valence electrons. The van der Waals surface area contributed by atoms with Crippen molar-refractivity contribution in [1.29, 1.82) is 0 Å². The SMILES string of the molecule is CC(F)(F)c1ncn(CC(=O)O)n1. The Hall–Kier alpha value is -1.53. The number of hydrogen-bond acceptors (Lipinski definition) is 3. The molecule has 1 heterocycles.